The van der Waals surface area contributed by atoms with Crippen molar-refractivity contribution in [3.8, 4) is 0 Å². The molecule has 4 atom stereocenters. The van der Waals surface area contributed by atoms with E-state index in [9.17, 15) is 8.42 Å². The van der Waals surface area contributed by atoms with Crippen LogP contribution in [0.25, 0.3) is 0 Å². The maximum Gasteiger partial charge on any atom is 0.215 e. The molecule has 1 fully saturated rings. The molecule has 1 rings (SSSR count). The summed E-state index contributed by atoms with van der Waals surface area (Å²) in [4.78, 5) is 0. The van der Waals surface area contributed by atoms with E-state index < -0.39 is 15.3 Å². The van der Waals surface area contributed by atoms with E-state index in [0.29, 0.717) is 18.3 Å². The van der Waals surface area contributed by atoms with Crippen molar-refractivity contribution in [2.75, 3.05) is 6.54 Å². The lowest BCUT2D eigenvalue weighted by molar-refractivity contribution is 0.367. The van der Waals surface area contributed by atoms with Crippen molar-refractivity contribution in [1.29, 1.82) is 0 Å². The highest BCUT2D eigenvalue weighted by molar-refractivity contribution is 7.90. The quantitative estimate of drug-likeness (QED) is 0.761. The first-order chi connectivity index (χ1) is 7.96. The van der Waals surface area contributed by atoms with E-state index >= 15 is 0 Å². The second-order valence-corrected chi connectivity index (χ2v) is 7.13. The summed E-state index contributed by atoms with van der Waals surface area (Å²) in [7, 11) is -3.25. The van der Waals surface area contributed by atoms with Crippen molar-refractivity contribution in [1.82, 2.24) is 4.72 Å². The summed E-state index contributed by atoms with van der Waals surface area (Å²) in [6.07, 6.45) is 3.79. The Balaban J connectivity index is 2.66. The fourth-order valence-corrected chi connectivity index (χ4v) is 4.45. The predicted molar refractivity (Wildman–Crippen MR) is 71.2 cm³/mol. The largest absolute Gasteiger partial charge is 0.329 e. The van der Waals surface area contributed by atoms with E-state index in [0.717, 1.165) is 19.3 Å². The van der Waals surface area contributed by atoms with Gasteiger partial charge in [-0.05, 0) is 31.1 Å². The van der Waals surface area contributed by atoms with Crippen LogP contribution in [0.2, 0.25) is 0 Å². The molecule has 0 spiro atoms. The molecule has 102 valence electrons. The lowest BCUT2D eigenvalue weighted by atomic mass is 9.94. The van der Waals surface area contributed by atoms with Crippen molar-refractivity contribution >= 4 is 10.0 Å². The maximum atomic E-state index is 12.1. The molecule has 0 saturated heterocycles. The van der Waals surface area contributed by atoms with Gasteiger partial charge in [-0.1, -0.05) is 27.2 Å². The van der Waals surface area contributed by atoms with Crippen LogP contribution in [0.15, 0.2) is 0 Å². The van der Waals surface area contributed by atoms with E-state index in [-0.39, 0.29) is 12.6 Å². The number of hydrogen-bond acceptors (Lipinski definition) is 3. The van der Waals surface area contributed by atoms with Crippen molar-refractivity contribution in [3.63, 3.8) is 0 Å². The van der Waals surface area contributed by atoms with Crippen LogP contribution in [-0.4, -0.2) is 26.3 Å². The zero-order chi connectivity index (χ0) is 13.1. The van der Waals surface area contributed by atoms with E-state index in [2.05, 4.69) is 18.6 Å². The molecule has 0 aromatic rings. The van der Waals surface area contributed by atoms with Gasteiger partial charge < -0.3 is 5.73 Å². The van der Waals surface area contributed by atoms with E-state index in [4.69, 9.17) is 5.73 Å². The predicted octanol–water partition coefficient (Wildman–Crippen LogP) is 1.47. The second kappa shape index (κ2) is 6.16. The van der Waals surface area contributed by atoms with Crippen molar-refractivity contribution < 1.29 is 8.42 Å². The van der Waals surface area contributed by atoms with Crippen LogP contribution < -0.4 is 10.5 Å². The van der Waals surface area contributed by atoms with Crippen LogP contribution in [0.4, 0.5) is 0 Å². The van der Waals surface area contributed by atoms with Gasteiger partial charge in [0.1, 0.15) is 0 Å². The van der Waals surface area contributed by atoms with Gasteiger partial charge in [0.25, 0.3) is 0 Å². The lowest BCUT2D eigenvalue weighted by Crippen LogP contribution is -2.45. The highest BCUT2D eigenvalue weighted by Gasteiger charge is 2.35. The van der Waals surface area contributed by atoms with Crippen LogP contribution in [0.5, 0.6) is 0 Å². The first-order valence-corrected chi connectivity index (χ1v) is 8.22. The zero-order valence-corrected chi connectivity index (χ0v) is 12.0. The Morgan fingerprint density at radius 3 is 2.41 bits per heavy atom. The Hall–Kier alpha value is -0.130. The summed E-state index contributed by atoms with van der Waals surface area (Å²) in [6, 6.07) is 0.102. The lowest BCUT2D eigenvalue weighted by Gasteiger charge is -2.23. The maximum absolute atomic E-state index is 12.1. The molecular weight excluding hydrogens is 236 g/mol. The van der Waals surface area contributed by atoms with Gasteiger partial charge in [-0.2, -0.15) is 0 Å². The third kappa shape index (κ3) is 3.42. The average molecular weight is 262 g/mol. The SMILES string of the molecule is CCC1CCC(NS(=O)(=O)C(CC)CN)C1C. The molecule has 5 heteroatoms. The topological polar surface area (TPSA) is 72.2 Å². The molecule has 1 saturated carbocycles. The summed E-state index contributed by atoms with van der Waals surface area (Å²) in [5, 5.41) is -0.449. The standard InChI is InChI=1S/C12H26N2O2S/c1-4-10-6-7-12(9(10)3)14-17(15,16)11(5-2)8-13/h9-12,14H,4-8,13H2,1-3H3. The second-order valence-electron chi connectivity index (χ2n) is 5.14. The molecule has 17 heavy (non-hydrogen) atoms. The Morgan fingerprint density at radius 1 is 1.35 bits per heavy atom. The zero-order valence-electron chi connectivity index (χ0n) is 11.1. The molecule has 0 aromatic heterocycles. The molecule has 1 aliphatic carbocycles. The molecule has 3 N–H and O–H groups in total. The van der Waals surface area contributed by atoms with Crippen LogP contribution in [0, 0.1) is 11.8 Å². The molecule has 0 aromatic carbocycles. The Bertz CT molecular complexity index is 325. The number of rotatable bonds is 6. The minimum absolute atomic E-state index is 0.102. The van der Waals surface area contributed by atoms with Gasteiger partial charge >= 0.3 is 0 Å². The first kappa shape index (κ1) is 14.9. The van der Waals surface area contributed by atoms with E-state index in [1.165, 1.54) is 0 Å². The number of nitrogens with one attached hydrogen (secondary N) is 1. The van der Waals surface area contributed by atoms with Gasteiger partial charge in [0.15, 0.2) is 0 Å². The smallest absolute Gasteiger partial charge is 0.215 e. The monoisotopic (exact) mass is 262 g/mol. The Kier molecular flexibility index (Phi) is 5.41. The Labute approximate surface area is 105 Å². The van der Waals surface area contributed by atoms with Gasteiger partial charge in [0.05, 0.1) is 5.25 Å². The summed E-state index contributed by atoms with van der Waals surface area (Å²) in [5.41, 5.74) is 5.51. The minimum Gasteiger partial charge on any atom is -0.329 e. The third-order valence-corrected chi connectivity index (χ3v) is 6.26. The van der Waals surface area contributed by atoms with Crippen LogP contribution >= 0.6 is 0 Å². The highest BCUT2D eigenvalue weighted by Crippen LogP contribution is 2.34. The summed E-state index contributed by atoms with van der Waals surface area (Å²) >= 11 is 0. The van der Waals surface area contributed by atoms with Crippen molar-refractivity contribution in [3.05, 3.63) is 0 Å². The summed E-state index contributed by atoms with van der Waals surface area (Å²) in [6.45, 7) is 6.39. The molecule has 4 nitrogen and oxygen atoms in total. The third-order valence-electron chi connectivity index (χ3n) is 4.22. The van der Waals surface area contributed by atoms with Crippen LogP contribution in [0.1, 0.15) is 46.5 Å². The average Bonchev–Trinajstić information content (AvgIpc) is 2.60. The summed E-state index contributed by atoms with van der Waals surface area (Å²) in [5.74, 6) is 1.09. The van der Waals surface area contributed by atoms with Crippen molar-refractivity contribution in [2.24, 2.45) is 17.6 Å². The fraction of sp³-hybridized carbons (Fsp3) is 1.00. The van der Waals surface area contributed by atoms with Crippen molar-refractivity contribution in [2.45, 2.75) is 57.7 Å². The van der Waals surface area contributed by atoms with Gasteiger partial charge in [0.2, 0.25) is 10.0 Å². The molecular formula is C12H26N2O2S. The van der Waals surface area contributed by atoms with Gasteiger partial charge in [-0.3, -0.25) is 0 Å². The number of hydrogen-bond donors (Lipinski definition) is 2. The Morgan fingerprint density at radius 2 is 2.00 bits per heavy atom. The van der Waals surface area contributed by atoms with Gasteiger partial charge in [-0.15, -0.1) is 0 Å². The highest BCUT2D eigenvalue weighted by atomic mass is 32.2. The van der Waals surface area contributed by atoms with Gasteiger partial charge in [-0.25, -0.2) is 13.1 Å². The van der Waals surface area contributed by atoms with Crippen LogP contribution in [0.3, 0.4) is 0 Å². The van der Waals surface area contributed by atoms with Crippen LogP contribution in [-0.2, 0) is 10.0 Å². The number of nitrogens with two attached hydrogens (primary N) is 1. The minimum atomic E-state index is -3.25. The molecule has 0 bridgehead atoms. The van der Waals surface area contributed by atoms with E-state index in [1.54, 1.807) is 0 Å². The van der Waals surface area contributed by atoms with E-state index in [1.807, 2.05) is 6.92 Å². The molecule has 0 radical (unpaired) electrons. The molecule has 0 amide bonds. The molecule has 0 heterocycles. The van der Waals surface area contributed by atoms with Gasteiger partial charge in [0, 0.05) is 12.6 Å². The first-order valence-electron chi connectivity index (χ1n) is 6.67. The number of sulfonamides is 1. The molecule has 1 aliphatic rings. The molecule has 0 aliphatic heterocycles. The fourth-order valence-electron chi connectivity index (χ4n) is 2.81. The summed E-state index contributed by atoms with van der Waals surface area (Å²) < 4.78 is 27.1. The molecule has 4 unspecified atom stereocenters. The normalized spacial score (nSPS) is 31.6.